The minimum atomic E-state index is 0.0419. The molecule has 150 valence electrons. The van der Waals surface area contributed by atoms with Crippen LogP contribution in [0.25, 0.3) is 0 Å². The van der Waals surface area contributed by atoms with Crippen LogP contribution in [0.2, 0.25) is 0 Å². The smallest absolute Gasteiger partial charge is 0.229 e. The maximum Gasteiger partial charge on any atom is 0.229 e. The van der Waals surface area contributed by atoms with Crippen molar-refractivity contribution in [3.05, 3.63) is 35.4 Å². The van der Waals surface area contributed by atoms with Gasteiger partial charge in [0.1, 0.15) is 0 Å². The third-order valence-corrected chi connectivity index (χ3v) is 7.01. The Morgan fingerprint density at radius 1 is 1.14 bits per heavy atom. The maximum atomic E-state index is 12.4. The number of rotatable bonds is 10. The standard InChI is InChI=1S/C21H27N3O2S2/c1-2-3-4-7-15-10-12-16(13-11-15)18(25)14-27-21-24-23-20(28-21)22-19(26)17-8-5-6-9-17/h10-13,17H,2-9,14H2,1H3,(H,22,23,26). The van der Waals surface area contributed by atoms with Gasteiger partial charge in [-0.25, -0.2) is 0 Å². The fraction of sp³-hybridized carbons (Fsp3) is 0.524. The Morgan fingerprint density at radius 2 is 1.89 bits per heavy atom. The molecule has 0 atom stereocenters. The number of ketones is 1. The summed E-state index contributed by atoms with van der Waals surface area (Å²) < 4.78 is 0.700. The molecule has 1 saturated carbocycles. The van der Waals surface area contributed by atoms with E-state index in [0.29, 0.717) is 15.2 Å². The van der Waals surface area contributed by atoms with E-state index < -0.39 is 0 Å². The number of benzene rings is 1. The van der Waals surface area contributed by atoms with Crippen LogP contribution in [0, 0.1) is 5.92 Å². The van der Waals surface area contributed by atoms with E-state index in [9.17, 15) is 9.59 Å². The molecule has 1 aromatic carbocycles. The zero-order valence-corrected chi connectivity index (χ0v) is 17.9. The van der Waals surface area contributed by atoms with Gasteiger partial charge in [-0.05, 0) is 31.2 Å². The second-order valence-corrected chi connectivity index (χ2v) is 9.41. The minimum Gasteiger partial charge on any atom is -0.300 e. The van der Waals surface area contributed by atoms with Crippen molar-refractivity contribution >= 4 is 39.9 Å². The molecule has 28 heavy (non-hydrogen) atoms. The van der Waals surface area contributed by atoms with Crippen LogP contribution >= 0.6 is 23.1 Å². The molecule has 5 nitrogen and oxygen atoms in total. The van der Waals surface area contributed by atoms with Gasteiger partial charge in [0.15, 0.2) is 10.1 Å². The topological polar surface area (TPSA) is 72.0 Å². The number of amides is 1. The molecular formula is C21H27N3O2S2. The number of hydrogen-bond acceptors (Lipinski definition) is 6. The Hall–Kier alpha value is -1.73. The first-order chi connectivity index (χ1) is 13.7. The number of carbonyl (C=O) groups is 2. The summed E-state index contributed by atoms with van der Waals surface area (Å²) in [7, 11) is 0. The molecule has 1 aliphatic carbocycles. The molecule has 0 radical (unpaired) electrons. The van der Waals surface area contributed by atoms with Gasteiger partial charge in [0, 0.05) is 11.5 Å². The molecule has 2 aromatic rings. The number of nitrogens with one attached hydrogen (secondary N) is 1. The predicted molar refractivity (Wildman–Crippen MR) is 115 cm³/mol. The monoisotopic (exact) mass is 417 g/mol. The summed E-state index contributed by atoms with van der Waals surface area (Å²) in [5.74, 6) is 0.545. The highest BCUT2D eigenvalue weighted by Gasteiger charge is 2.23. The molecule has 1 amide bonds. The van der Waals surface area contributed by atoms with Crippen molar-refractivity contribution in [2.45, 2.75) is 62.6 Å². The van der Waals surface area contributed by atoms with Crippen molar-refractivity contribution in [3.8, 4) is 0 Å². The van der Waals surface area contributed by atoms with Gasteiger partial charge >= 0.3 is 0 Å². The van der Waals surface area contributed by atoms with Crippen LogP contribution in [0.1, 0.15) is 67.8 Å². The third-order valence-electron chi connectivity index (χ3n) is 5.03. The molecule has 0 bridgehead atoms. The average Bonchev–Trinajstić information content (AvgIpc) is 3.39. The zero-order chi connectivity index (χ0) is 19.8. The van der Waals surface area contributed by atoms with Gasteiger partial charge in [-0.2, -0.15) is 0 Å². The molecule has 1 aliphatic rings. The minimum absolute atomic E-state index is 0.0419. The first-order valence-electron chi connectivity index (χ1n) is 10.0. The van der Waals surface area contributed by atoms with Gasteiger partial charge in [-0.1, -0.05) is 80.0 Å². The van der Waals surface area contributed by atoms with Gasteiger partial charge in [0.25, 0.3) is 0 Å². The first-order valence-corrected chi connectivity index (χ1v) is 11.8. The summed E-state index contributed by atoms with van der Waals surface area (Å²) in [6, 6.07) is 7.93. The van der Waals surface area contributed by atoms with Gasteiger partial charge in [-0.15, -0.1) is 10.2 Å². The molecular weight excluding hydrogens is 390 g/mol. The van der Waals surface area contributed by atoms with E-state index in [1.165, 1.54) is 47.9 Å². The van der Waals surface area contributed by atoms with E-state index in [1.54, 1.807) is 0 Å². The zero-order valence-electron chi connectivity index (χ0n) is 16.3. The highest BCUT2D eigenvalue weighted by molar-refractivity contribution is 8.01. The lowest BCUT2D eigenvalue weighted by Gasteiger charge is -2.06. The fourth-order valence-corrected chi connectivity index (χ4v) is 5.01. The number of aromatic nitrogens is 2. The van der Waals surface area contributed by atoms with E-state index in [4.69, 9.17) is 0 Å². The summed E-state index contributed by atoms with van der Waals surface area (Å²) in [5, 5.41) is 11.5. The molecule has 7 heteroatoms. The molecule has 1 N–H and O–H groups in total. The number of thioether (sulfide) groups is 1. The van der Waals surface area contributed by atoms with Crippen LogP contribution in [0.3, 0.4) is 0 Å². The van der Waals surface area contributed by atoms with Gasteiger partial charge in [0.2, 0.25) is 11.0 Å². The number of Topliss-reactive ketones (excluding diaryl/α,β-unsaturated/α-hetero) is 1. The molecule has 0 saturated heterocycles. The first kappa shape index (κ1) is 21.0. The van der Waals surface area contributed by atoms with Crippen molar-refractivity contribution in [2.24, 2.45) is 5.92 Å². The Kier molecular flexibility index (Phi) is 8.03. The number of carbonyl (C=O) groups excluding carboxylic acids is 2. The van der Waals surface area contributed by atoms with Crippen molar-refractivity contribution in [1.29, 1.82) is 0 Å². The number of nitrogens with zero attached hydrogens (tertiary/aromatic N) is 2. The summed E-state index contributed by atoms with van der Waals surface area (Å²) in [5.41, 5.74) is 2.01. The van der Waals surface area contributed by atoms with Crippen molar-refractivity contribution in [3.63, 3.8) is 0 Å². The SMILES string of the molecule is CCCCCc1ccc(C(=O)CSc2nnc(NC(=O)C3CCCC3)s2)cc1. The third kappa shape index (κ3) is 6.14. The highest BCUT2D eigenvalue weighted by Crippen LogP contribution is 2.29. The molecule has 0 unspecified atom stereocenters. The van der Waals surface area contributed by atoms with Gasteiger partial charge in [-0.3, -0.25) is 9.59 Å². The lowest BCUT2D eigenvalue weighted by Crippen LogP contribution is -2.20. The predicted octanol–water partition coefficient (Wildman–Crippen LogP) is 5.37. The number of anilines is 1. The molecule has 1 fully saturated rings. The van der Waals surface area contributed by atoms with Crippen LogP contribution in [0.5, 0.6) is 0 Å². The van der Waals surface area contributed by atoms with E-state index in [-0.39, 0.29) is 17.6 Å². The van der Waals surface area contributed by atoms with E-state index >= 15 is 0 Å². The maximum absolute atomic E-state index is 12.4. The lowest BCUT2D eigenvalue weighted by atomic mass is 10.0. The largest absolute Gasteiger partial charge is 0.300 e. The van der Waals surface area contributed by atoms with Crippen LogP contribution in [-0.4, -0.2) is 27.6 Å². The quantitative estimate of drug-likeness (QED) is 0.243. The molecule has 3 rings (SSSR count). The average molecular weight is 418 g/mol. The summed E-state index contributed by atoms with van der Waals surface area (Å²) in [6.07, 6.45) is 8.87. The second-order valence-electron chi connectivity index (χ2n) is 7.21. The Balaban J connectivity index is 1.45. The van der Waals surface area contributed by atoms with Crippen LogP contribution < -0.4 is 5.32 Å². The van der Waals surface area contributed by atoms with E-state index in [2.05, 4.69) is 34.6 Å². The van der Waals surface area contributed by atoms with Crippen molar-refractivity contribution in [1.82, 2.24) is 10.2 Å². The Bertz CT molecular complexity index is 783. The summed E-state index contributed by atoms with van der Waals surface area (Å²) in [6.45, 7) is 2.20. The molecule has 0 aliphatic heterocycles. The molecule has 0 spiro atoms. The Labute approximate surface area is 174 Å². The van der Waals surface area contributed by atoms with Crippen LogP contribution in [-0.2, 0) is 11.2 Å². The van der Waals surface area contributed by atoms with Crippen molar-refractivity contribution in [2.75, 3.05) is 11.1 Å². The van der Waals surface area contributed by atoms with Crippen molar-refractivity contribution < 1.29 is 9.59 Å². The number of unbranched alkanes of at least 4 members (excludes halogenated alkanes) is 2. The van der Waals surface area contributed by atoms with Crippen LogP contribution in [0.4, 0.5) is 5.13 Å². The molecule has 1 heterocycles. The molecule has 1 aromatic heterocycles. The number of aryl methyl sites for hydroxylation is 1. The van der Waals surface area contributed by atoms with Crippen LogP contribution in [0.15, 0.2) is 28.6 Å². The Morgan fingerprint density at radius 3 is 2.61 bits per heavy atom. The van der Waals surface area contributed by atoms with E-state index in [0.717, 1.165) is 37.7 Å². The van der Waals surface area contributed by atoms with E-state index in [1.807, 2.05) is 12.1 Å². The van der Waals surface area contributed by atoms with Gasteiger partial charge < -0.3 is 5.32 Å². The summed E-state index contributed by atoms with van der Waals surface area (Å²) in [4.78, 5) is 24.6. The highest BCUT2D eigenvalue weighted by atomic mass is 32.2. The summed E-state index contributed by atoms with van der Waals surface area (Å²) >= 11 is 2.70. The normalized spacial score (nSPS) is 14.3. The fourth-order valence-electron chi connectivity index (χ4n) is 3.36. The van der Waals surface area contributed by atoms with Gasteiger partial charge in [0.05, 0.1) is 5.75 Å². The lowest BCUT2D eigenvalue weighted by molar-refractivity contribution is -0.119. The number of hydrogen-bond donors (Lipinski definition) is 1. The second kappa shape index (κ2) is 10.7.